The van der Waals surface area contributed by atoms with Crippen molar-refractivity contribution in [3.8, 4) is 11.5 Å². The highest BCUT2D eigenvalue weighted by Crippen LogP contribution is 2.17. The first-order valence-electron chi connectivity index (χ1n) is 7.74. The van der Waals surface area contributed by atoms with Crippen molar-refractivity contribution in [1.82, 2.24) is 0 Å². The zero-order valence-corrected chi connectivity index (χ0v) is 14.0. The minimum Gasteiger partial charge on any atom is -0.491 e. The highest BCUT2D eigenvalue weighted by atomic mass is 16.5. The Bertz CT molecular complexity index is 690. The minimum atomic E-state index is -0.261. The lowest BCUT2D eigenvalue weighted by Crippen LogP contribution is -2.20. The molecule has 2 rings (SSSR count). The summed E-state index contributed by atoms with van der Waals surface area (Å²) >= 11 is 0. The molecule has 0 saturated heterocycles. The molecule has 1 amide bonds. The molecule has 0 saturated carbocycles. The predicted molar refractivity (Wildman–Crippen MR) is 92.8 cm³/mol. The van der Waals surface area contributed by atoms with Gasteiger partial charge in [-0.1, -0.05) is 0 Å². The van der Waals surface area contributed by atoms with Crippen molar-refractivity contribution >= 4 is 17.4 Å². The Morgan fingerprint density at radius 1 is 0.958 bits per heavy atom. The molecule has 0 aliphatic carbocycles. The summed E-state index contributed by atoms with van der Waals surface area (Å²) in [5, 5.41) is 2.75. The summed E-state index contributed by atoms with van der Waals surface area (Å²) in [4.78, 5) is 23.1. The van der Waals surface area contributed by atoms with Crippen molar-refractivity contribution in [1.29, 1.82) is 0 Å². The normalized spacial score (nSPS) is 10.3. The zero-order chi connectivity index (χ0) is 17.5. The van der Waals surface area contributed by atoms with Crippen LogP contribution in [-0.2, 0) is 4.79 Å². The Labute approximate surface area is 141 Å². The van der Waals surface area contributed by atoms with E-state index in [9.17, 15) is 9.59 Å². The number of hydrogen-bond donors (Lipinski definition) is 1. The number of benzene rings is 2. The standard InChI is InChI=1S/C19H21NO4/c1-13(2)24-18-10-6-16(7-11-18)20-19(22)12-23-17-8-4-15(5-9-17)14(3)21/h4-11,13H,12H2,1-3H3,(H,20,22). The fourth-order valence-electron chi connectivity index (χ4n) is 2.02. The number of carbonyl (C=O) groups excluding carboxylic acids is 2. The molecule has 0 aromatic heterocycles. The molecular weight excluding hydrogens is 306 g/mol. The Balaban J connectivity index is 1.83. The van der Waals surface area contributed by atoms with Crippen molar-refractivity contribution in [3.05, 3.63) is 54.1 Å². The van der Waals surface area contributed by atoms with Crippen molar-refractivity contribution in [2.45, 2.75) is 26.9 Å². The largest absolute Gasteiger partial charge is 0.491 e. The molecule has 0 aliphatic rings. The number of ketones is 1. The summed E-state index contributed by atoms with van der Waals surface area (Å²) in [7, 11) is 0. The highest BCUT2D eigenvalue weighted by Gasteiger charge is 2.05. The van der Waals surface area contributed by atoms with Crippen LogP contribution in [0.2, 0.25) is 0 Å². The fraction of sp³-hybridized carbons (Fsp3) is 0.263. The van der Waals surface area contributed by atoms with Crippen LogP contribution in [0.15, 0.2) is 48.5 Å². The van der Waals surface area contributed by atoms with E-state index in [0.717, 1.165) is 5.75 Å². The summed E-state index contributed by atoms with van der Waals surface area (Å²) in [5.41, 5.74) is 1.28. The lowest BCUT2D eigenvalue weighted by Gasteiger charge is -2.11. The second-order valence-electron chi connectivity index (χ2n) is 5.61. The molecule has 0 bridgehead atoms. The topological polar surface area (TPSA) is 64.6 Å². The van der Waals surface area contributed by atoms with Gasteiger partial charge in [-0.3, -0.25) is 9.59 Å². The molecule has 5 nitrogen and oxygen atoms in total. The predicted octanol–water partition coefficient (Wildman–Crippen LogP) is 3.69. The average molecular weight is 327 g/mol. The number of anilines is 1. The molecule has 2 aromatic rings. The van der Waals surface area contributed by atoms with Crippen molar-refractivity contribution in [2.24, 2.45) is 0 Å². The van der Waals surface area contributed by atoms with E-state index < -0.39 is 0 Å². The first-order chi connectivity index (χ1) is 11.4. The fourth-order valence-corrected chi connectivity index (χ4v) is 2.02. The molecular formula is C19H21NO4. The monoisotopic (exact) mass is 327 g/mol. The van der Waals surface area contributed by atoms with E-state index in [0.29, 0.717) is 17.0 Å². The second-order valence-corrected chi connectivity index (χ2v) is 5.61. The van der Waals surface area contributed by atoms with Gasteiger partial charge in [-0.25, -0.2) is 0 Å². The summed E-state index contributed by atoms with van der Waals surface area (Å²) in [6, 6.07) is 13.8. The van der Waals surface area contributed by atoms with Crippen LogP contribution in [0, 0.1) is 0 Å². The van der Waals surface area contributed by atoms with Gasteiger partial charge in [0.25, 0.3) is 5.91 Å². The first-order valence-corrected chi connectivity index (χ1v) is 7.74. The molecule has 0 spiro atoms. The summed E-state index contributed by atoms with van der Waals surface area (Å²) in [6.45, 7) is 5.30. The Hall–Kier alpha value is -2.82. The van der Waals surface area contributed by atoms with E-state index in [1.165, 1.54) is 6.92 Å². The van der Waals surface area contributed by atoms with Crippen LogP contribution in [0.4, 0.5) is 5.69 Å². The third kappa shape index (κ3) is 5.43. The first kappa shape index (κ1) is 17.5. The second kappa shape index (κ2) is 8.15. The number of hydrogen-bond acceptors (Lipinski definition) is 4. The van der Waals surface area contributed by atoms with Gasteiger partial charge in [0.2, 0.25) is 0 Å². The van der Waals surface area contributed by atoms with E-state index in [-0.39, 0.29) is 24.4 Å². The van der Waals surface area contributed by atoms with Gasteiger partial charge in [0, 0.05) is 11.3 Å². The molecule has 0 atom stereocenters. The summed E-state index contributed by atoms with van der Waals surface area (Å²) < 4.78 is 10.9. The number of amides is 1. The third-order valence-corrected chi connectivity index (χ3v) is 3.14. The number of nitrogens with one attached hydrogen (secondary N) is 1. The summed E-state index contributed by atoms with van der Waals surface area (Å²) in [6.07, 6.45) is 0.105. The Morgan fingerprint density at radius 3 is 2.08 bits per heavy atom. The number of ether oxygens (including phenoxy) is 2. The quantitative estimate of drug-likeness (QED) is 0.788. The molecule has 24 heavy (non-hydrogen) atoms. The van der Waals surface area contributed by atoms with Gasteiger partial charge in [-0.2, -0.15) is 0 Å². The molecule has 2 aromatic carbocycles. The van der Waals surface area contributed by atoms with Crippen LogP contribution in [0.3, 0.4) is 0 Å². The Morgan fingerprint density at radius 2 is 1.54 bits per heavy atom. The summed E-state index contributed by atoms with van der Waals surface area (Å²) in [5.74, 6) is 1.02. The SMILES string of the molecule is CC(=O)c1ccc(OCC(=O)Nc2ccc(OC(C)C)cc2)cc1. The van der Waals surface area contributed by atoms with Gasteiger partial charge < -0.3 is 14.8 Å². The molecule has 0 unspecified atom stereocenters. The molecule has 5 heteroatoms. The average Bonchev–Trinajstić information content (AvgIpc) is 2.54. The van der Waals surface area contributed by atoms with Gasteiger partial charge in [-0.05, 0) is 69.3 Å². The lowest BCUT2D eigenvalue weighted by atomic mass is 10.1. The smallest absolute Gasteiger partial charge is 0.262 e. The van der Waals surface area contributed by atoms with Crippen LogP contribution in [0.1, 0.15) is 31.1 Å². The van der Waals surface area contributed by atoms with E-state index in [1.54, 1.807) is 48.5 Å². The molecule has 0 heterocycles. The number of carbonyl (C=O) groups is 2. The van der Waals surface area contributed by atoms with Crippen molar-refractivity contribution in [3.63, 3.8) is 0 Å². The van der Waals surface area contributed by atoms with E-state index >= 15 is 0 Å². The van der Waals surface area contributed by atoms with Gasteiger partial charge in [0.1, 0.15) is 11.5 Å². The molecule has 0 radical (unpaired) electrons. The van der Waals surface area contributed by atoms with Crippen LogP contribution in [0.25, 0.3) is 0 Å². The molecule has 1 N–H and O–H groups in total. The van der Waals surface area contributed by atoms with Crippen LogP contribution in [-0.4, -0.2) is 24.4 Å². The number of rotatable bonds is 7. The third-order valence-electron chi connectivity index (χ3n) is 3.14. The van der Waals surface area contributed by atoms with Gasteiger partial charge in [0.15, 0.2) is 12.4 Å². The van der Waals surface area contributed by atoms with Gasteiger partial charge in [-0.15, -0.1) is 0 Å². The van der Waals surface area contributed by atoms with Crippen LogP contribution in [0.5, 0.6) is 11.5 Å². The maximum Gasteiger partial charge on any atom is 0.262 e. The maximum atomic E-state index is 11.9. The molecule has 0 aliphatic heterocycles. The van der Waals surface area contributed by atoms with Crippen LogP contribution >= 0.6 is 0 Å². The Kier molecular flexibility index (Phi) is 5.95. The van der Waals surface area contributed by atoms with E-state index in [4.69, 9.17) is 9.47 Å². The van der Waals surface area contributed by atoms with E-state index in [1.807, 2.05) is 13.8 Å². The lowest BCUT2D eigenvalue weighted by molar-refractivity contribution is -0.118. The number of Topliss-reactive ketones (excluding diaryl/α,β-unsaturated/α-hetero) is 1. The minimum absolute atomic E-state index is 0.0100. The molecule has 0 fully saturated rings. The maximum absolute atomic E-state index is 11.9. The van der Waals surface area contributed by atoms with Crippen LogP contribution < -0.4 is 14.8 Å². The molecule has 126 valence electrons. The van der Waals surface area contributed by atoms with Gasteiger partial charge >= 0.3 is 0 Å². The zero-order valence-electron chi connectivity index (χ0n) is 14.0. The van der Waals surface area contributed by atoms with Crippen molar-refractivity contribution in [2.75, 3.05) is 11.9 Å². The van der Waals surface area contributed by atoms with Crippen molar-refractivity contribution < 1.29 is 19.1 Å². The van der Waals surface area contributed by atoms with Gasteiger partial charge in [0.05, 0.1) is 6.10 Å². The van der Waals surface area contributed by atoms with E-state index in [2.05, 4.69) is 5.32 Å². The highest BCUT2D eigenvalue weighted by molar-refractivity contribution is 5.94.